The molecule has 1 fully saturated rings. The Morgan fingerprint density at radius 1 is 1.11 bits per heavy atom. The summed E-state index contributed by atoms with van der Waals surface area (Å²) in [7, 11) is 3.85. The van der Waals surface area contributed by atoms with Gasteiger partial charge < -0.3 is 19.6 Å². The number of amides is 1. The maximum Gasteiger partial charge on any atom is 0.295 e. The van der Waals surface area contributed by atoms with Crippen molar-refractivity contribution < 1.29 is 19.4 Å². The van der Waals surface area contributed by atoms with Gasteiger partial charge in [-0.1, -0.05) is 52.0 Å². The molecule has 2 aromatic carbocycles. The molecule has 0 aliphatic carbocycles. The summed E-state index contributed by atoms with van der Waals surface area (Å²) in [5, 5.41) is 11.6. The average Bonchev–Trinajstić information content (AvgIpc) is 3.05. The number of aryl methyl sites for hydroxylation is 1. The van der Waals surface area contributed by atoms with Crippen molar-refractivity contribution >= 4 is 17.4 Å². The lowest BCUT2D eigenvalue weighted by atomic mass is 9.84. The van der Waals surface area contributed by atoms with Gasteiger partial charge in [0, 0.05) is 18.7 Å². The molecule has 0 aromatic heterocycles. The van der Waals surface area contributed by atoms with E-state index in [9.17, 15) is 14.7 Å². The number of aliphatic hydroxyl groups excluding tert-OH is 1. The third-order valence-electron chi connectivity index (χ3n) is 6.33. The predicted molar refractivity (Wildman–Crippen MR) is 140 cm³/mol. The van der Waals surface area contributed by atoms with Crippen LogP contribution in [0.1, 0.15) is 62.4 Å². The van der Waals surface area contributed by atoms with E-state index in [4.69, 9.17) is 4.74 Å². The van der Waals surface area contributed by atoms with Gasteiger partial charge in [-0.2, -0.15) is 0 Å². The van der Waals surface area contributed by atoms with Gasteiger partial charge in [0.1, 0.15) is 11.5 Å². The lowest BCUT2D eigenvalue weighted by Gasteiger charge is -2.27. The van der Waals surface area contributed by atoms with Crippen LogP contribution in [0.3, 0.4) is 0 Å². The van der Waals surface area contributed by atoms with Gasteiger partial charge in [-0.25, -0.2) is 0 Å². The van der Waals surface area contributed by atoms with Gasteiger partial charge in [0.25, 0.3) is 11.7 Å². The number of nitrogens with zero attached hydrogens (tertiary/aromatic N) is 2. The smallest absolute Gasteiger partial charge is 0.295 e. The standard InChI is InChI=1S/C29H38N2O4/c1-8-16-35-22-11-9-10-20(17-22)25-24(27(33)28(34)31(25)15-14-30(6)7)26(32)23-18-21(29(3,4)5)13-12-19(23)2/h9-13,17-18,25,32H,8,14-16H2,1-7H3/b26-24+. The number of likely N-dealkylation sites (tertiary alicyclic amines) is 1. The zero-order valence-electron chi connectivity index (χ0n) is 22.0. The van der Waals surface area contributed by atoms with Crippen LogP contribution in [0.5, 0.6) is 5.75 Å². The maximum atomic E-state index is 13.4. The zero-order chi connectivity index (χ0) is 25.9. The van der Waals surface area contributed by atoms with Crippen LogP contribution in [-0.2, 0) is 15.0 Å². The quantitative estimate of drug-likeness (QED) is 0.326. The number of rotatable bonds is 8. The molecule has 6 heteroatoms. The zero-order valence-corrected chi connectivity index (χ0v) is 22.0. The number of carbonyl (C=O) groups excluding carboxylic acids is 2. The molecule has 1 saturated heterocycles. The van der Waals surface area contributed by atoms with E-state index < -0.39 is 17.7 Å². The Balaban J connectivity index is 2.20. The van der Waals surface area contributed by atoms with Gasteiger partial charge in [0.2, 0.25) is 0 Å². The Hall–Kier alpha value is -3.12. The van der Waals surface area contributed by atoms with Crippen molar-refractivity contribution in [3.8, 4) is 5.75 Å². The van der Waals surface area contributed by atoms with Crippen LogP contribution in [0.4, 0.5) is 0 Å². The highest BCUT2D eigenvalue weighted by Crippen LogP contribution is 2.41. The molecule has 188 valence electrons. The normalized spacial score (nSPS) is 17.9. The first kappa shape index (κ1) is 26.5. The molecular weight excluding hydrogens is 440 g/mol. The van der Waals surface area contributed by atoms with Crippen LogP contribution >= 0.6 is 0 Å². The third-order valence-corrected chi connectivity index (χ3v) is 6.33. The van der Waals surface area contributed by atoms with E-state index in [1.54, 1.807) is 4.90 Å². The van der Waals surface area contributed by atoms with Crippen molar-refractivity contribution in [2.75, 3.05) is 33.8 Å². The van der Waals surface area contributed by atoms with E-state index in [-0.39, 0.29) is 16.7 Å². The molecule has 0 radical (unpaired) electrons. The number of ketones is 1. The fourth-order valence-corrected chi connectivity index (χ4v) is 4.25. The summed E-state index contributed by atoms with van der Waals surface area (Å²) in [5.41, 5.74) is 3.18. The van der Waals surface area contributed by atoms with E-state index in [2.05, 4.69) is 20.8 Å². The molecule has 35 heavy (non-hydrogen) atoms. The second-order valence-corrected chi connectivity index (χ2v) is 10.5. The molecule has 0 saturated carbocycles. The Morgan fingerprint density at radius 2 is 1.83 bits per heavy atom. The molecule has 3 rings (SSSR count). The molecule has 0 bridgehead atoms. The lowest BCUT2D eigenvalue weighted by Crippen LogP contribution is -2.35. The van der Waals surface area contributed by atoms with Crippen LogP contribution in [0.25, 0.3) is 5.76 Å². The van der Waals surface area contributed by atoms with Crippen molar-refractivity contribution in [2.45, 2.75) is 52.5 Å². The summed E-state index contributed by atoms with van der Waals surface area (Å²) in [5.74, 6) is -0.716. The van der Waals surface area contributed by atoms with Crippen molar-refractivity contribution in [2.24, 2.45) is 0 Å². The molecule has 1 amide bonds. The summed E-state index contributed by atoms with van der Waals surface area (Å²) < 4.78 is 5.82. The van der Waals surface area contributed by atoms with Crippen LogP contribution in [0.2, 0.25) is 0 Å². The van der Waals surface area contributed by atoms with Gasteiger partial charge in [0.15, 0.2) is 0 Å². The minimum atomic E-state index is -0.696. The second kappa shape index (κ2) is 10.6. The molecule has 2 aromatic rings. The summed E-state index contributed by atoms with van der Waals surface area (Å²) in [6.07, 6.45) is 0.870. The fourth-order valence-electron chi connectivity index (χ4n) is 4.25. The molecule has 1 atom stereocenters. The number of hydrogen-bond donors (Lipinski definition) is 1. The van der Waals surface area contributed by atoms with E-state index in [1.807, 2.05) is 75.3 Å². The Labute approximate surface area is 209 Å². The lowest BCUT2D eigenvalue weighted by molar-refractivity contribution is -0.140. The van der Waals surface area contributed by atoms with Crippen molar-refractivity contribution in [1.29, 1.82) is 0 Å². The van der Waals surface area contributed by atoms with Crippen molar-refractivity contribution in [3.63, 3.8) is 0 Å². The SMILES string of the molecule is CCCOc1cccc(C2/C(=C(\O)c3cc(C(C)(C)C)ccc3C)C(=O)C(=O)N2CCN(C)C)c1. The largest absolute Gasteiger partial charge is 0.507 e. The first-order chi connectivity index (χ1) is 16.5. The highest BCUT2D eigenvalue weighted by molar-refractivity contribution is 6.46. The van der Waals surface area contributed by atoms with E-state index in [0.717, 1.165) is 23.1 Å². The summed E-state index contributed by atoms with van der Waals surface area (Å²) in [4.78, 5) is 30.1. The first-order valence-corrected chi connectivity index (χ1v) is 12.2. The number of benzene rings is 2. The molecule has 1 N–H and O–H groups in total. The second-order valence-electron chi connectivity index (χ2n) is 10.5. The minimum Gasteiger partial charge on any atom is -0.507 e. The Bertz CT molecular complexity index is 1130. The number of carbonyl (C=O) groups is 2. The van der Waals surface area contributed by atoms with E-state index in [1.165, 1.54) is 0 Å². The number of hydrogen-bond acceptors (Lipinski definition) is 5. The average molecular weight is 479 g/mol. The molecule has 1 unspecified atom stereocenters. The van der Waals surface area contributed by atoms with Crippen molar-refractivity contribution in [1.82, 2.24) is 9.80 Å². The summed E-state index contributed by atoms with van der Waals surface area (Å²) >= 11 is 0. The highest BCUT2D eigenvalue weighted by atomic mass is 16.5. The van der Waals surface area contributed by atoms with Gasteiger partial charge in [0.05, 0.1) is 18.2 Å². The number of aliphatic hydroxyl groups is 1. The predicted octanol–water partition coefficient (Wildman–Crippen LogP) is 5.06. The van der Waals surface area contributed by atoms with Crippen LogP contribution < -0.4 is 4.74 Å². The molecular formula is C29H38N2O4. The van der Waals surface area contributed by atoms with Gasteiger partial charge >= 0.3 is 0 Å². The van der Waals surface area contributed by atoms with E-state index >= 15 is 0 Å². The summed E-state index contributed by atoms with van der Waals surface area (Å²) in [6.45, 7) is 11.8. The van der Waals surface area contributed by atoms with Crippen LogP contribution in [0.15, 0.2) is 48.0 Å². The van der Waals surface area contributed by atoms with Gasteiger partial charge in [-0.3, -0.25) is 9.59 Å². The van der Waals surface area contributed by atoms with Gasteiger partial charge in [-0.05, 0) is 67.7 Å². The number of likely N-dealkylation sites (N-methyl/N-ethyl adjacent to an activating group) is 1. The number of Topliss-reactive ketones (excluding diaryl/α,β-unsaturated/α-hetero) is 1. The van der Waals surface area contributed by atoms with E-state index in [0.29, 0.717) is 31.0 Å². The van der Waals surface area contributed by atoms with Crippen LogP contribution in [-0.4, -0.2) is 60.4 Å². The molecule has 0 spiro atoms. The van der Waals surface area contributed by atoms with Crippen LogP contribution in [0, 0.1) is 6.92 Å². The topological polar surface area (TPSA) is 70.1 Å². The maximum absolute atomic E-state index is 13.4. The molecule has 6 nitrogen and oxygen atoms in total. The Kier molecular flexibility index (Phi) is 8.06. The monoisotopic (exact) mass is 478 g/mol. The first-order valence-electron chi connectivity index (χ1n) is 12.2. The molecule has 1 heterocycles. The third kappa shape index (κ3) is 5.76. The Morgan fingerprint density at radius 3 is 2.46 bits per heavy atom. The van der Waals surface area contributed by atoms with Crippen molar-refractivity contribution in [3.05, 3.63) is 70.3 Å². The molecule has 1 aliphatic rings. The number of ether oxygens (including phenoxy) is 1. The summed E-state index contributed by atoms with van der Waals surface area (Å²) in [6, 6.07) is 12.7. The van der Waals surface area contributed by atoms with Gasteiger partial charge in [-0.15, -0.1) is 0 Å². The highest BCUT2D eigenvalue weighted by Gasteiger charge is 2.46. The molecule has 1 aliphatic heterocycles. The minimum absolute atomic E-state index is 0.121. The fraction of sp³-hybridized carbons (Fsp3) is 0.448.